The number of ketones is 1. The van der Waals surface area contributed by atoms with Crippen LogP contribution in [0.2, 0.25) is 0 Å². The summed E-state index contributed by atoms with van der Waals surface area (Å²) in [6, 6.07) is 5.49. The average Bonchev–Trinajstić information content (AvgIpc) is 2.92. The lowest BCUT2D eigenvalue weighted by molar-refractivity contribution is 0.0933. The Kier molecular flexibility index (Phi) is 3.69. The molecule has 2 aliphatic rings. The molecule has 2 aliphatic heterocycles. The molecular formula is C15H19NO3. The fourth-order valence-electron chi connectivity index (χ4n) is 2.63. The smallest absolute Gasteiger partial charge is 0.169 e. The van der Waals surface area contributed by atoms with E-state index in [2.05, 4.69) is 4.90 Å². The lowest BCUT2D eigenvalue weighted by Gasteiger charge is -2.18. The van der Waals surface area contributed by atoms with Gasteiger partial charge in [0.25, 0.3) is 0 Å². The van der Waals surface area contributed by atoms with Crippen LogP contribution in [0.3, 0.4) is 0 Å². The summed E-state index contributed by atoms with van der Waals surface area (Å²) >= 11 is 0. The summed E-state index contributed by atoms with van der Waals surface area (Å²) in [5.41, 5.74) is 0.679. The SMILES string of the molecule is O=C1CCOc2cc(OCCN3CCCC3)ccc21. The lowest BCUT2D eigenvalue weighted by atomic mass is 10.1. The summed E-state index contributed by atoms with van der Waals surface area (Å²) in [7, 11) is 0. The Bertz CT molecular complexity index is 466. The Balaban J connectivity index is 1.57. The van der Waals surface area contributed by atoms with Gasteiger partial charge in [-0.1, -0.05) is 0 Å². The normalized spacial score (nSPS) is 19.1. The molecule has 0 atom stereocenters. The van der Waals surface area contributed by atoms with Crippen molar-refractivity contribution in [3.8, 4) is 11.5 Å². The van der Waals surface area contributed by atoms with Gasteiger partial charge in [0.15, 0.2) is 5.78 Å². The molecule has 4 heteroatoms. The number of carbonyl (C=O) groups excluding carboxylic acids is 1. The van der Waals surface area contributed by atoms with E-state index in [1.807, 2.05) is 18.2 Å². The minimum Gasteiger partial charge on any atom is -0.492 e. The van der Waals surface area contributed by atoms with E-state index in [4.69, 9.17) is 9.47 Å². The Morgan fingerprint density at radius 2 is 2.11 bits per heavy atom. The third kappa shape index (κ3) is 2.89. The predicted molar refractivity (Wildman–Crippen MR) is 72.1 cm³/mol. The second-order valence-electron chi connectivity index (χ2n) is 5.08. The van der Waals surface area contributed by atoms with Crippen molar-refractivity contribution in [2.24, 2.45) is 0 Å². The van der Waals surface area contributed by atoms with Crippen molar-refractivity contribution >= 4 is 5.78 Å². The van der Waals surface area contributed by atoms with Crippen LogP contribution in [0.4, 0.5) is 0 Å². The molecule has 1 aromatic carbocycles. The minimum absolute atomic E-state index is 0.157. The van der Waals surface area contributed by atoms with Crippen LogP contribution in [0.25, 0.3) is 0 Å². The van der Waals surface area contributed by atoms with Crippen molar-refractivity contribution < 1.29 is 14.3 Å². The summed E-state index contributed by atoms with van der Waals surface area (Å²) in [5.74, 6) is 1.60. The molecule has 2 heterocycles. The number of rotatable bonds is 4. The van der Waals surface area contributed by atoms with Crippen molar-refractivity contribution in [2.45, 2.75) is 19.3 Å². The number of benzene rings is 1. The number of fused-ring (bicyclic) bond motifs is 1. The summed E-state index contributed by atoms with van der Waals surface area (Å²) in [4.78, 5) is 14.1. The third-order valence-corrected chi connectivity index (χ3v) is 3.72. The first-order valence-electron chi connectivity index (χ1n) is 6.98. The molecule has 0 N–H and O–H groups in total. The molecule has 1 fully saturated rings. The van der Waals surface area contributed by atoms with Crippen LogP contribution in [-0.2, 0) is 0 Å². The lowest BCUT2D eigenvalue weighted by Crippen LogP contribution is -2.25. The second-order valence-corrected chi connectivity index (χ2v) is 5.08. The van der Waals surface area contributed by atoms with Gasteiger partial charge in [0.1, 0.15) is 18.1 Å². The molecule has 3 rings (SSSR count). The molecule has 0 spiro atoms. The molecule has 0 radical (unpaired) electrons. The van der Waals surface area contributed by atoms with Crippen molar-refractivity contribution in [1.82, 2.24) is 4.90 Å². The highest BCUT2D eigenvalue weighted by atomic mass is 16.5. The number of likely N-dealkylation sites (tertiary alicyclic amines) is 1. The highest BCUT2D eigenvalue weighted by Crippen LogP contribution is 2.29. The summed E-state index contributed by atoms with van der Waals surface area (Å²) in [5, 5.41) is 0. The number of ether oxygens (including phenoxy) is 2. The molecule has 0 amide bonds. The molecule has 1 aromatic rings. The highest BCUT2D eigenvalue weighted by Gasteiger charge is 2.18. The number of hydrogen-bond donors (Lipinski definition) is 0. The molecule has 19 heavy (non-hydrogen) atoms. The summed E-state index contributed by atoms with van der Waals surface area (Å²) in [6.07, 6.45) is 3.08. The number of nitrogens with zero attached hydrogens (tertiary/aromatic N) is 1. The van der Waals surface area contributed by atoms with E-state index >= 15 is 0 Å². The van der Waals surface area contributed by atoms with Crippen LogP contribution in [-0.4, -0.2) is 43.5 Å². The van der Waals surface area contributed by atoms with Crippen LogP contribution < -0.4 is 9.47 Å². The van der Waals surface area contributed by atoms with Gasteiger partial charge in [0.2, 0.25) is 0 Å². The van der Waals surface area contributed by atoms with Gasteiger partial charge in [-0.2, -0.15) is 0 Å². The van der Waals surface area contributed by atoms with E-state index in [-0.39, 0.29) is 5.78 Å². The van der Waals surface area contributed by atoms with Crippen molar-refractivity contribution in [1.29, 1.82) is 0 Å². The van der Waals surface area contributed by atoms with Gasteiger partial charge in [-0.05, 0) is 38.1 Å². The highest BCUT2D eigenvalue weighted by molar-refractivity contribution is 5.99. The molecule has 4 nitrogen and oxygen atoms in total. The van der Waals surface area contributed by atoms with Crippen LogP contribution in [0.5, 0.6) is 11.5 Å². The Hall–Kier alpha value is -1.55. The molecule has 102 valence electrons. The van der Waals surface area contributed by atoms with Gasteiger partial charge >= 0.3 is 0 Å². The van der Waals surface area contributed by atoms with Crippen LogP contribution in [0.15, 0.2) is 18.2 Å². The van der Waals surface area contributed by atoms with Crippen LogP contribution in [0, 0.1) is 0 Å². The minimum atomic E-state index is 0.157. The van der Waals surface area contributed by atoms with Crippen molar-refractivity contribution in [3.05, 3.63) is 23.8 Å². The van der Waals surface area contributed by atoms with Gasteiger partial charge in [0.05, 0.1) is 12.2 Å². The largest absolute Gasteiger partial charge is 0.492 e. The van der Waals surface area contributed by atoms with Gasteiger partial charge in [-0.15, -0.1) is 0 Å². The van der Waals surface area contributed by atoms with Gasteiger partial charge in [0, 0.05) is 19.0 Å². The van der Waals surface area contributed by atoms with Crippen LogP contribution >= 0.6 is 0 Å². The zero-order chi connectivity index (χ0) is 13.1. The maximum atomic E-state index is 11.7. The van der Waals surface area contributed by atoms with E-state index < -0.39 is 0 Å². The van der Waals surface area contributed by atoms with E-state index in [0.717, 1.165) is 12.3 Å². The van der Waals surface area contributed by atoms with E-state index in [1.54, 1.807) is 0 Å². The zero-order valence-corrected chi connectivity index (χ0v) is 11.1. The average molecular weight is 261 g/mol. The van der Waals surface area contributed by atoms with Gasteiger partial charge < -0.3 is 9.47 Å². The first kappa shape index (κ1) is 12.5. The molecule has 0 bridgehead atoms. The van der Waals surface area contributed by atoms with Crippen LogP contribution in [0.1, 0.15) is 29.6 Å². The number of hydrogen-bond acceptors (Lipinski definition) is 4. The maximum absolute atomic E-state index is 11.7. The second kappa shape index (κ2) is 5.61. The van der Waals surface area contributed by atoms with E-state index in [0.29, 0.717) is 30.9 Å². The molecule has 1 saturated heterocycles. The Morgan fingerprint density at radius 3 is 2.95 bits per heavy atom. The molecule has 0 unspecified atom stereocenters. The van der Waals surface area contributed by atoms with Crippen molar-refractivity contribution in [2.75, 3.05) is 32.8 Å². The monoisotopic (exact) mass is 261 g/mol. The van der Waals surface area contributed by atoms with Gasteiger partial charge in [-0.3, -0.25) is 9.69 Å². The first-order chi connectivity index (χ1) is 9.33. The quantitative estimate of drug-likeness (QED) is 0.832. The topological polar surface area (TPSA) is 38.8 Å². The summed E-state index contributed by atoms with van der Waals surface area (Å²) < 4.78 is 11.2. The first-order valence-corrected chi connectivity index (χ1v) is 6.98. The molecule has 0 aliphatic carbocycles. The molecule has 0 aromatic heterocycles. The van der Waals surface area contributed by atoms with E-state index in [9.17, 15) is 4.79 Å². The van der Waals surface area contributed by atoms with Crippen molar-refractivity contribution in [3.63, 3.8) is 0 Å². The number of carbonyl (C=O) groups is 1. The standard InChI is InChI=1S/C15H19NO3/c17-14-5-9-19-15-11-12(3-4-13(14)15)18-10-8-16-6-1-2-7-16/h3-4,11H,1-2,5-10H2. The number of Topliss-reactive ketones (excluding diaryl/α,β-unsaturated/α-hetero) is 1. The molecule has 0 saturated carbocycles. The fourth-order valence-corrected chi connectivity index (χ4v) is 2.63. The molecular weight excluding hydrogens is 242 g/mol. The fraction of sp³-hybridized carbons (Fsp3) is 0.533. The third-order valence-electron chi connectivity index (χ3n) is 3.72. The zero-order valence-electron chi connectivity index (χ0n) is 11.1. The maximum Gasteiger partial charge on any atom is 0.169 e. The van der Waals surface area contributed by atoms with Gasteiger partial charge in [-0.25, -0.2) is 0 Å². The van der Waals surface area contributed by atoms with E-state index in [1.165, 1.54) is 25.9 Å². The Morgan fingerprint density at radius 1 is 1.26 bits per heavy atom. The predicted octanol–water partition coefficient (Wildman–Crippen LogP) is 2.13. The Labute approximate surface area is 113 Å². The summed E-state index contributed by atoms with van der Waals surface area (Å²) in [6.45, 7) is 4.50.